The summed E-state index contributed by atoms with van der Waals surface area (Å²) in [7, 11) is -3.96. The van der Waals surface area contributed by atoms with Gasteiger partial charge in [-0.1, -0.05) is 34.1 Å². The average Bonchev–Trinajstić information content (AvgIpc) is 3.17. The highest BCUT2D eigenvalue weighted by Gasteiger charge is 2.42. The zero-order valence-corrected chi connectivity index (χ0v) is 20.7. The van der Waals surface area contributed by atoms with Crippen molar-refractivity contribution >= 4 is 35.8 Å². The quantitative estimate of drug-likeness (QED) is 0.420. The van der Waals surface area contributed by atoms with Crippen molar-refractivity contribution in [3.8, 4) is 5.75 Å². The number of fused-ring (bicyclic) bond motifs is 1. The van der Waals surface area contributed by atoms with Gasteiger partial charge in [-0.05, 0) is 23.5 Å². The Labute approximate surface area is 202 Å². The number of benzene rings is 1. The second-order valence-electron chi connectivity index (χ2n) is 7.73. The van der Waals surface area contributed by atoms with Gasteiger partial charge in [0.2, 0.25) is 0 Å². The van der Waals surface area contributed by atoms with E-state index in [4.69, 9.17) is 23.0 Å². The fourth-order valence-electron chi connectivity index (χ4n) is 3.73. The molecule has 4 rings (SSSR count). The number of esters is 1. The lowest BCUT2D eigenvalue weighted by Gasteiger charge is -2.27. The summed E-state index contributed by atoms with van der Waals surface area (Å²) >= 11 is 3.09. The van der Waals surface area contributed by atoms with E-state index in [2.05, 4.69) is 20.9 Å². The highest BCUT2D eigenvalue weighted by atomic mass is 79.9. The van der Waals surface area contributed by atoms with Crippen molar-refractivity contribution in [2.24, 2.45) is 0 Å². The summed E-state index contributed by atoms with van der Waals surface area (Å²) < 4.78 is 41.9. The van der Waals surface area contributed by atoms with E-state index >= 15 is 0 Å². The molecule has 2 aromatic rings. The van der Waals surface area contributed by atoms with Gasteiger partial charge in [0.05, 0.1) is 18.8 Å². The number of hydrogen-bond donors (Lipinski definition) is 1. The Morgan fingerprint density at radius 2 is 2.18 bits per heavy atom. The summed E-state index contributed by atoms with van der Waals surface area (Å²) in [5.41, 5.74) is 0.489. The van der Waals surface area contributed by atoms with Gasteiger partial charge >= 0.3 is 19.5 Å². The van der Waals surface area contributed by atoms with Gasteiger partial charge in [0.1, 0.15) is 24.2 Å². The minimum absolute atomic E-state index is 0.0481. The molecule has 0 saturated carbocycles. The number of aromatic amines is 1. The number of phosphoric ester groups is 1. The maximum atomic E-state index is 13.1. The Bertz CT molecular complexity index is 1290. The third-order valence-corrected chi connectivity index (χ3v) is 6.90. The number of para-hydroxylation sites is 1. The Morgan fingerprint density at radius 1 is 1.38 bits per heavy atom. The van der Waals surface area contributed by atoms with Crippen molar-refractivity contribution in [1.82, 2.24) is 9.55 Å². The molecular weight excluding hydrogens is 535 g/mol. The summed E-state index contributed by atoms with van der Waals surface area (Å²) in [6.07, 6.45) is 0.359. The number of carbonyl (C=O) groups excluding carboxylic acids is 1. The number of H-pyrrole nitrogens is 1. The molecule has 11 nitrogen and oxygen atoms in total. The molecule has 13 heteroatoms. The summed E-state index contributed by atoms with van der Waals surface area (Å²) in [6, 6.07) is 5.46. The van der Waals surface area contributed by atoms with Crippen LogP contribution in [0.3, 0.4) is 0 Å². The highest BCUT2D eigenvalue weighted by Crippen LogP contribution is 2.55. The maximum Gasteiger partial charge on any atom is 0.530 e. The van der Waals surface area contributed by atoms with E-state index in [-0.39, 0.29) is 25.2 Å². The third kappa shape index (κ3) is 5.26. The van der Waals surface area contributed by atoms with Crippen LogP contribution in [0.25, 0.3) is 6.08 Å². The minimum atomic E-state index is -3.96. The molecule has 0 spiro atoms. The van der Waals surface area contributed by atoms with Crippen LogP contribution in [-0.2, 0) is 34.5 Å². The first-order valence-electron chi connectivity index (χ1n) is 10.3. The lowest BCUT2D eigenvalue weighted by molar-refractivity contribution is -0.150. The molecule has 0 aliphatic carbocycles. The lowest BCUT2D eigenvalue weighted by atomic mass is 10.1. The molecule has 2 aliphatic rings. The molecule has 1 saturated heterocycles. The largest absolute Gasteiger partial charge is 0.530 e. The number of aryl methyl sites for hydroxylation is 1. The number of aromatic nitrogens is 2. The molecule has 1 aromatic heterocycles. The first-order chi connectivity index (χ1) is 16.2. The number of nitrogens with one attached hydrogen (secondary N) is 1. The van der Waals surface area contributed by atoms with Crippen LogP contribution in [0.4, 0.5) is 0 Å². The zero-order chi connectivity index (χ0) is 24.5. The van der Waals surface area contributed by atoms with Crippen molar-refractivity contribution in [2.45, 2.75) is 45.3 Å². The Hall–Kier alpha value is -2.50. The topological polar surface area (TPSA) is 135 Å². The Kier molecular flexibility index (Phi) is 7.25. The molecule has 182 valence electrons. The second-order valence-corrected chi connectivity index (χ2v) is 9.85. The van der Waals surface area contributed by atoms with Crippen LogP contribution in [0.15, 0.2) is 39.0 Å². The van der Waals surface area contributed by atoms with Gasteiger partial charge in [-0.2, -0.15) is 0 Å². The molecule has 0 radical (unpaired) electrons. The van der Waals surface area contributed by atoms with Crippen molar-refractivity contribution < 1.29 is 32.4 Å². The van der Waals surface area contributed by atoms with Gasteiger partial charge in [-0.15, -0.1) is 0 Å². The molecule has 1 aromatic carbocycles. The van der Waals surface area contributed by atoms with Gasteiger partial charge in [0.15, 0.2) is 0 Å². The van der Waals surface area contributed by atoms with Gasteiger partial charge in [0, 0.05) is 25.1 Å². The van der Waals surface area contributed by atoms with Crippen LogP contribution >= 0.6 is 23.8 Å². The van der Waals surface area contributed by atoms with Gasteiger partial charge in [-0.25, -0.2) is 9.36 Å². The molecule has 2 aliphatic heterocycles. The fraction of sp³-hybridized carbons (Fsp3) is 0.381. The van der Waals surface area contributed by atoms with Gasteiger partial charge in [0.25, 0.3) is 5.56 Å². The standard InChI is InChI=1S/C21H22BrN2O9P/c1-12-4-3-5-15-10-29-34(28,33-19(12)15)30-11-17-16(31-13(2)25)8-18(32-17)24-9-14(6-7-22)20(26)23-21(24)27/h3-7,9,16-18H,8,10-11H2,1-2H3,(H,23,26,27)/b7-6+/t16-,17+,18+,34?/m0/s1. The van der Waals surface area contributed by atoms with Crippen LogP contribution in [-0.4, -0.2) is 34.3 Å². The normalized spacial score (nSPS) is 26.3. The molecule has 0 amide bonds. The predicted octanol–water partition coefficient (Wildman–Crippen LogP) is 3.16. The van der Waals surface area contributed by atoms with Crippen LogP contribution < -0.4 is 15.8 Å². The molecule has 4 atom stereocenters. The fourth-order valence-corrected chi connectivity index (χ4v) is 5.31. The zero-order valence-electron chi connectivity index (χ0n) is 18.3. The monoisotopic (exact) mass is 556 g/mol. The number of phosphoric acid groups is 1. The number of ether oxygens (including phenoxy) is 2. The van der Waals surface area contributed by atoms with E-state index in [9.17, 15) is 18.9 Å². The van der Waals surface area contributed by atoms with E-state index in [1.807, 2.05) is 19.1 Å². The first kappa shape index (κ1) is 24.6. The molecule has 0 bridgehead atoms. The maximum absolute atomic E-state index is 13.1. The van der Waals surface area contributed by atoms with Crippen LogP contribution in [0.1, 0.15) is 36.3 Å². The van der Waals surface area contributed by atoms with Crippen LogP contribution in [0.5, 0.6) is 5.75 Å². The summed E-state index contributed by atoms with van der Waals surface area (Å²) in [5.74, 6) is -0.122. The Morgan fingerprint density at radius 3 is 2.91 bits per heavy atom. The molecule has 1 unspecified atom stereocenters. The number of rotatable bonds is 6. The van der Waals surface area contributed by atoms with Gasteiger partial charge < -0.3 is 14.0 Å². The molecular formula is C21H22BrN2O9P. The Balaban J connectivity index is 1.52. The van der Waals surface area contributed by atoms with Gasteiger partial charge in [-0.3, -0.25) is 28.2 Å². The van der Waals surface area contributed by atoms with E-state index in [0.29, 0.717) is 5.75 Å². The van der Waals surface area contributed by atoms with E-state index in [0.717, 1.165) is 11.1 Å². The average molecular weight is 557 g/mol. The minimum Gasteiger partial charge on any atom is -0.460 e. The third-order valence-electron chi connectivity index (χ3n) is 5.32. The number of hydrogen-bond acceptors (Lipinski definition) is 9. The van der Waals surface area contributed by atoms with Crippen molar-refractivity contribution in [2.75, 3.05) is 6.61 Å². The van der Waals surface area contributed by atoms with E-state index < -0.39 is 43.5 Å². The van der Waals surface area contributed by atoms with Crippen LogP contribution in [0.2, 0.25) is 0 Å². The highest BCUT2D eigenvalue weighted by molar-refractivity contribution is 9.11. The van der Waals surface area contributed by atoms with Crippen molar-refractivity contribution in [1.29, 1.82) is 0 Å². The van der Waals surface area contributed by atoms with Crippen molar-refractivity contribution in [3.05, 3.63) is 66.9 Å². The SMILES string of the molecule is CC(=O)O[C@H]1C[C@H](n2cc(/C=C/Br)c(=O)[nH]c2=O)O[C@@H]1COP1(=O)OCc2cccc(C)c2O1. The molecule has 3 heterocycles. The summed E-state index contributed by atoms with van der Waals surface area (Å²) in [6.45, 7) is 2.81. The molecule has 1 fully saturated rings. The first-order valence-corrected chi connectivity index (χ1v) is 12.7. The number of halogens is 1. The second kappa shape index (κ2) is 10.0. The summed E-state index contributed by atoms with van der Waals surface area (Å²) in [5, 5.41) is 0. The van der Waals surface area contributed by atoms with E-state index in [1.165, 1.54) is 28.7 Å². The van der Waals surface area contributed by atoms with E-state index in [1.54, 1.807) is 6.07 Å². The lowest BCUT2D eigenvalue weighted by Crippen LogP contribution is -2.33. The van der Waals surface area contributed by atoms with Crippen molar-refractivity contribution in [3.63, 3.8) is 0 Å². The molecule has 34 heavy (non-hydrogen) atoms. The molecule has 1 N–H and O–H groups in total. The number of nitrogens with zero attached hydrogens (tertiary/aromatic N) is 1. The summed E-state index contributed by atoms with van der Waals surface area (Å²) in [4.78, 5) is 39.7. The number of carbonyl (C=O) groups is 1. The predicted molar refractivity (Wildman–Crippen MR) is 124 cm³/mol. The smallest absolute Gasteiger partial charge is 0.460 e. The van der Waals surface area contributed by atoms with Crippen LogP contribution in [0, 0.1) is 6.92 Å².